The van der Waals surface area contributed by atoms with Crippen molar-refractivity contribution in [1.29, 1.82) is 0 Å². The van der Waals surface area contributed by atoms with E-state index in [1.807, 2.05) is 0 Å². The van der Waals surface area contributed by atoms with Crippen molar-refractivity contribution in [2.75, 3.05) is 0 Å². The molecule has 0 saturated heterocycles. The van der Waals surface area contributed by atoms with Gasteiger partial charge in [-0.3, -0.25) is 4.79 Å². The van der Waals surface area contributed by atoms with E-state index in [2.05, 4.69) is 19.9 Å². The van der Waals surface area contributed by atoms with Crippen LogP contribution in [0, 0.1) is 5.92 Å². The molecule has 0 aromatic heterocycles. The molecule has 0 saturated carbocycles. The first-order chi connectivity index (χ1) is 7.85. The van der Waals surface area contributed by atoms with Crippen molar-refractivity contribution in [1.82, 2.24) is 0 Å². The third kappa shape index (κ3) is 9.95. The van der Waals surface area contributed by atoms with E-state index in [0.717, 1.165) is 6.29 Å². The maximum Gasteiger partial charge on any atom is 0.142 e. The summed E-state index contributed by atoms with van der Waals surface area (Å²) in [4.78, 5) is 10.3. The molecule has 0 bridgehead atoms. The maximum atomic E-state index is 10.3. The number of rotatable bonds is 11. The van der Waals surface area contributed by atoms with Gasteiger partial charge in [-0.2, -0.15) is 0 Å². The monoisotopic (exact) mass is 224 g/mol. The molecule has 0 N–H and O–H groups in total. The molecule has 0 amide bonds. The molecule has 0 aromatic carbocycles. The zero-order valence-electron chi connectivity index (χ0n) is 11.1. The summed E-state index contributed by atoms with van der Waals surface area (Å²) in [6.07, 6.45) is 16.4. The standard InChI is InChI=1S/C15H28O/c1-3-5-7-9-12-15(13-10-14-16)11-8-6-4-2/h10,13-15H,3-9,11-12H2,1-2H3. The van der Waals surface area contributed by atoms with Gasteiger partial charge < -0.3 is 0 Å². The van der Waals surface area contributed by atoms with Crippen molar-refractivity contribution in [2.24, 2.45) is 5.92 Å². The van der Waals surface area contributed by atoms with Gasteiger partial charge in [0.2, 0.25) is 0 Å². The van der Waals surface area contributed by atoms with E-state index in [1.54, 1.807) is 6.08 Å². The van der Waals surface area contributed by atoms with Crippen molar-refractivity contribution in [2.45, 2.75) is 71.6 Å². The molecule has 0 heterocycles. The molecule has 94 valence electrons. The first-order valence-corrected chi connectivity index (χ1v) is 6.97. The molecule has 0 fully saturated rings. The fourth-order valence-corrected chi connectivity index (χ4v) is 2.03. The number of unbranched alkanes of at least 4 members (excludes halogenated alkanes) is 5. The summed E-state index contributed by atoms with van der Waals surface area (Å²) in [5.41, 5.74) is 0. The lowest BCUT2D eigenvalue weighted by Gasteiger charge is -2.11. The van der Waals surface area contributed by atoms with Crippen molar-refractivity contribution in [3.05, 3.63) is 12.2 Å². The van der Waals surface area contributed by atoms with Crippen LogP contribution >= 0.6 is 0 Å². The van der Waals surface area contributed by atoms with Crippen LogP contribution in [0.3, 0.4) is 0 Å². The molecule has 0 rings (SSSR count). The van der Waals surface area contributed by atoms with Crippen molar-refractivity contribution < 1.29 is 4.79 Å². The number of aldehydes is 1. The van der Waals surface area contributed by atoms with Gasteiger partial charge in [0.25, 0.3) is 0 Å². The Kier molecular flexibility index (Phi) is 12.0. The van der Waals surface area contributed by atoms with E-state index in [1.165, 1.54) is 57.8 Å². The average Bonchev–Trinajstić information content (AvgIpc) is 2.31. The Morgan fingerprint density at radius 3 is 2.00 bits per heavy atom. The van der Waals surface area contributed by atoms with Crippen LogP contribution in [0.5, 0.6) is 0 Å². The Morgan fingerprint density at radius 1 is 0.875 bits per heavy atom. The lowest BCUT2D eigenvalue weighted by atomic mass is 9.94. The van der Waals surface area contributed by atoms with E-state index < -0.39 is 0 Å². The third-order valence-corrected chi connectivity index (χ3v) is 3.07. The van der Waals surface area contributed by atoms with Gasteiger partial charge >= 0.3 is 0 Å². The van der Waals surface area contributed by atoms with Crippen molar-refractivity contribution in [3.63, 3.8) is 0 Å². The van der Waals surface area contributed by atoms with Crippen LogP contribution < -0.4 is 0 Å². The molecule has 1 atom stereocenters. The molecule has 0 aliphatic heterocycles. The second-order valence-electron chi connectivity index (χ2n) is 4.63. The summed E-state index contributed by atoms with van der Waals surface area (Å²) >= 11 is 0. The van der Waals surface area contributed by atoms with Gasteiger partial charge in [0.05, 0.1) is 0 Å². The quantitative estimate of drug-likeness (QED) is 0.277. The minimum atomic E-state index is 0.633. The zero-order valence-corrected chi connectivity index (χ0v) is 11.1. The Morgan fingerprint density at radius 2 is 1.44 bits per heavy atom. The predicted octanol–water partition coefficient (Wildman–Crippen LogP) is 4.91. The Hall–Kier alpha value is -0.590. The molecule has 1 heteroatoms. The number of allylic oxidation sites excluding steroid dienone is 2. The lowest BCUT2D eigenvalue weighted by Crippen LogP contribution is -1.97. The van der Waals surface area contributed by atoms with E-state index in [-0.39, 0.29) is 0 Å². The largest absolute Gasteiger partial charge is 0.299 e. The highest BCUT2D eigenvalue weighted by Gasteiger charge is 2.04. The molecule has 0 radical (unpaired) electrons. The molecule has 0 aliphatic carbocycles. The van der Waals surface area contributed by atoms with Crippen molar-refractivity contribution >= 4 is 6.29 Å². The van der Waals surface area contributed by atoms with Gasteiger partial charge in [-0.1, -0.05) is 64.9 Å². The molecule has 1 unspecified atom stereocenters. The Labute approximate surface area is 101 Å². The minimum Gasteiger partial charge on any atom is -0.299 e. The van der Waals surface area contributed by atoms with E-state index in [4.69, 9.17) is 0 Å². The van der Waals surface area contributed by atoms with E-state index in [9.17, 15) is 4.79 Å². The molecule has 1 nitrogen and oxygen atoms in total. The van der Waals surface area contributed by atoms with Crippen LogP contribution in [0.25, 0.3) is 0 Å². The second kappa shape index (κ2) is 12.5. The second-order valence-corrected chi connectivity index (χ2v) is 4.63. The van der Waals surface area contributed by atoms with E-state index in [0.29, 0.717) is 5.92 Å². The summed E-state index contributed by atoms with van der Waals surface area (Å²) in [5, 5.41) is 0. The van der Waals surface area contributed by atoms with Gasteiger partial charge in [-0.25, -0.2) is 0 Å². The van der Waals surface area contributed by atoms with Gasteiger partial charge in [0.15, 0.2) is 0 Å². The lowest BCUT2D eigenvalue weighted by molar-refractivity contribution is -0.104. The third-order valence-electron chi connectivity index (χ3n) is 3.07. The fraction of sp³-hybridized carbons (Fsp3) is 0.800. The normalized spacial score (nSPS) is 13.1. The molecular formula is C15H28O. The van der Waals surface area contributed by atoms with Crippen LogP contribution in [0.4, 0.5) is 0 Å². The zero-order chi connectivity index (χ0) is 12.1. The summed E-state index contributed by atoms with van der Waals surface area (Å²) in [6, 6.07) is 0. The van der Waals surface area contributed by atoms with Gasteiger partial charge in [-0.15, -0.1) is 0 Å². The van der Waals surface area contributed by atoms with Crippen LogP contribution in [-0.2, 0) is 4.79 Å². The molecule has 0 spiro atoms. The molecule has 0 aliphatic rings. The minimum absolute atomic E-state index is 0.633. The number of carbonyl (C=O) groups excluding carboxylic acids is 1. The molecule has 0 aromatic rings. The average molecular weight is 224 g/mol. The predicted molar refractivity (Wildman–Crippen MR) is 71.6 cm³/mol. The first-order valence-electron chi connectivity index (χ1n) is 6.97. The van der Waals surface area contributed by atoms with E-state index >= 15 is 0 Å². The number of hydrogen-bond acceptors (Lipinski definition) is 1. The summed E-state index contributed by atoms with van der Waals surface area (Å²) in [5.74, 6) is 0.633. The fourth-order valence-electron chi connectivity index (χ4n) is 2.03. The summed E-state index contributed by atoms with van der Waals surface area (Å²) < 4.78 is 0. The topological polar surface area (TPSA) is 17.1 Å². The van der Waals surface area contributed by atoms with Crippen LogP contribution in [0.1, 0.15) is 71.6 Å². The highest BCUT2D eigenvalue weighted by Crippen LogP contribution is 2.19. The summed E-state index contributed by atoms with van der Waals surface area (Å²) in [7, 11) is 0. The number of carbonyl (C=O) groups is 1. The van der Waals surface area contributed by atoms with Gasteiger partial charge in [0.1, 0.15) is 6.29 Å². The maximum absolute atomic E-state index is 10.3. The van der Waals surface area contributed by atoms with Crippen LogP contribution in [0.15, 0.2) is 12.2 Å². The van der Waals surface area contributed by atoms with Gasteiger partial charge in [0, 0.05) is 0 Å². The highest BCUT2D eigenvalue weighted by atomic mass is 16.1. The van der Waals surface area contributed by atoms with Crippen LogP contribution in [0.2, 0.25) is 0 Å². The molecule has 16 heavy (non-hydrogen) atoms. The highest BCUT2D eigenvalue weighted by molar-refractivity contribution is 5.64. The summed E-state index contributed by atoms with van der Waals surface area (Å²) in [6.45, 7) is 4.47. The Balaban J connectivity index is 3.71. The molecular weight excluding hydrogens is 196 g/mol. The van der Waals surface area contributed by atoms with Crippen molar-refractivity contribution in [3.8, 4) is 0 Å². The smallest absolute Gasteiger partial charge is 0.142 e. The first kappa shape index (κ1) is 15.4. The Bertz CT molecular complexity index is 172. The number of hydrogen-bond donors (Lipinski definition) is 0. The van der Waals surface area contributed by atoms with Crippen LogP contribution in [-0.4, -0.2) is 6.29 Å². The van der Waals surface area contributed by atoms with Gasteiger partial charge in [-0.05, 0) is 24.8 Å². The SMILES string of the molecule is CCCCCCC(C=CC=O)CCCCC.